The first kappa shape index (κ1) is 4.11. The lowest BCUT2D eigenvalue weighted by atomic mass is 10.2. The quantitative estimate of drug-likeness (QED) is 0.397. The number of esters is 1. The lowest BCUT2D eigenvalue weighted by molar-refractivity contribution is -0.147. The fourth-order valence-corrected chi connectivity index (χ4v) is 0.679. The van der Waals surface area contributed by atoms with Gasteiger partial charge in [-0.2, -0.15) is 0 Å². The zero-order valence-corrected chi connectivity index (χ0v) is 5.60. The van der Waals surface area contributed by atoms with Crippen molar-refractivity contribution in [2.75, 3.05) is 6.56 Å². The van der Waals surface area contributed by atoms with Gasteiger partial charge in [0.15, 0.2) is 11.9 Å². The SMILES string of the molecule is [2H]OC([2H])([2H])[C@]([2H])(O[2H])[C@H]1OC(=O)C(O)=C1O. The average Bonchev–Trinajstić information content (AvgIpc) is 2.56. The summed E-state index contributed by atoms with van der Waals surface area (Å²) >= 11 is 0. The number of aliphatic hydroxyl groups is 4. The fourth-order valence-electron chi connectivity index (χ4n) is 0.679. The third kappa shape index (κ3) is 1.21. The summed E-state index contributed by atoms with van der Waals surface area (Å²) in [5.41, 5.74) is 0. The van der Waals surface area contributed by atoms with Crippen LogP contribution in [-0.4, -0.2) is 48.0 Å². The van der Waals surface area contributed by atoms with Crippen molar-refractivity contribution in [2.45, 2.75) is 12.2 Å². The molecule has 0 fully saturated rings. The van der Waals surface area contributed by atoms with E-state index in [0.29, 0.717) is 0 Å². The molecule has 1 heterocycles. The van der Waals surface area contributed by atoms with Gasteiger partial charge in [-0.3, -0.25) is 0 Å². The fraction of sp³-hybridized carbons (Fsp3) is 0.500. The van der Waals surface area contributed by atoms with Crippen molar-refractivity contribution in [2.24, 2.45) is 0 Å². The molecule has 6 nitrogen and oxygen atoms in total. The minimum absolute atomic E-state index is 1.17. The topological polar surface area (TPSA) is 107 Å². The van der Waals surface area contributed by atoms with Crippen molar-refractivity contribution in [1.82, 2.24) is 0 Å². The predicted octanol–water partition coefficient (Wildman–Crippen LogP) is -1.41. The number of ether oxygens (including phenoxy) is 1. The van der Waals surface area contributed by atoms with E-state index in [1.807, 2.05) is 0 Å². The molecule has 1 rings (SSSR count). The first-order valence-electron chi connectivity index (χ1n) is 5.14. The standard InChI is InChI=1S/C6H8O6/c7-1-2(8)5-3(9)4(10)6(11)12-5/h2,5,7-10H,1H2/t2-,5+/m0/s1/i1D2,2D,7D,8D. The van der Waals surface area contributed by atoms with E-state index in [0.717, 1.165) is 0 Å². The van der Waals surface area contributed by atoms with Gasteiger partial charge in [-0.25, -0.2) is 4.79 Å². The molecule has 0 bridgehead atoms. The Bertz CT molecular complexity index is 370. The van der Waals surface area contributed by atoms with E-state index in [1.165, 1.54) is 0 Å². The summed E-state index contributed by atoms with van der Waals surface area (Å²) in [4.78, 5) is 10.9. The first-order valence-corrected chi connectivity index (χ1v) is 2.83. The van der Waals surface area contributed by atoms with Gasteiger partial charge in [0.05, 0.1) is 10.7 Å². The number of carbonyl (C=O) groups excluding carboxylic acids is 1. The van der Waals surface area contributed by atoms with Gasteiger partial charge >= 0.3 is 5.97 Å². The van der Waals surface area contributed by atoms with Crippen LogP contribution in [0.15, 0.2) is 11.5 Å². The van der Waals surface area contributed by atoms with E-state index in [2.05, 4.69) is 15.0 Å². The van der Waals surface area contributed by atoms with Crippen LogP contribution in [0.3, 0.4) is 0 Å². The lowest BCUT2D eigenvalue weighted by Crippen LogP contribution is -2.31. The zero-order chi connectivity index (χ0) is 13.4. The van der Waals surface area contributed by atoms with Crippen molar-refractivity contribution < 1.29 is 34.1 Å². The van der Waals surface area contributed by atoms with Crippen LogP contribution in [0.5, 0.6) is 0 Å². The van der Waals surface area contributed by atoms with E-state index in [9.17, 15) is 9.90 Å². The molecule has 0 spiro atoms. The third-order valence-corrected chi connectivity index (χ3v) is 1.25. The Balaban J connectivity index is 3.18. The highest BCUT2D eigenvalue weighted by molar-refractivity contribution is 5.89. The van der Waals surface area contributed by atoms with Gasteiger partial charge in [0.1, 0.15) is 6.08 Å². The summed E-state index contributed by atoms with van der Waals surface area (Å²) in [6.07, 6.45) is -5.19. The maximum absolute atomic E-state index is 10.9. The van der Waals surface area contributed by atoms with Gasteiger partial charge in [0.2, 0.25) is 8.62 Å². The van der Waals surface area contributed by atoms with Crippen LogP contribution in [0.2, 0.25) is 0 Å². The molecule has 12 heavy (non-hydrogen) atoms. The normalized spacial score (nSPS) is 35.5. The second-order valence-corrected chi connectivity index (χ2v) is 1.99. The minimum Gasteiger partial charge on any atom is -0.505 e. The molecule has 1 aliphatic rings. The Morgan fingerprint density at radius 2 is 2.58 bits per heavy atom. The maximum atomic E-state index is 10.9. The maximum Gasteiger partial charge on any atom is 0.377 e. The van der Waals surface area contributed by atoms with Crippen molar-refractivity contribution >= 4 is 5.97 Å². The molecule has 6 heteroatoms. The number of cyclic esters (lactones) is 1. The summed E-state index contributed by atoms with van der Waals surface area (Å²) in [5, 5.41) is 25.6. The molecule has 0 amide bonds. The van der Waals surface area contributed by atoms with Gasteiger partial charge in [-0.15, -0.1) is 0 Å². The van der Waals surface area contributed by atoms with Gasteiger partial charge < -0.3 is 25.2 Å². The van der Waals surface area contributed by atoms with Gasteiger partial charge in [-0.05, 0) is 0 Å². The van der Waals surface area contributed by atoms with Crippen molar-refractivity contribution in [3.05, 3.63) is 11.5 Å². The largest absolute Gasteiger partial charge is 0.505 e. The zero-order valence-electron chi connectivity index (χ0n) is 10.6. The highest BCUT2D eigenvalue weighted by atomic mass is 16.6. The summed E-state index contributed by atoms with van der Waals surface area (Å²) < 4.78 is 39.1. The number of carbonyl (C=O) groups is 1. The minimum atomic E-state index is -3.20. The molecule has 0 aliphatic carbocycles. The van der Waals surface area contributed by atoms with Crippen LogP contribution < -0.4 is 0 Å². The Kier molecular flexibility index (Phi) is 1.03. The summed E-state index contributed by atoms with van der Waals surface area (Å²) in [7, 11) is 0. The lowest BCUT2D eigenvalue weighted by Gasteiger charge is -2.13. The Labute approximate surface area is 74.5 Å². The third-order valence-electron chi connectivity index (χ3n) is 1.25. The molecule has 68 valence electrons. The van der Waals surface area contributed by atoms with Gasteiger partial charge in [-0.1, -0.05) is 0 Å². The van der Waals surface area contributed by atoms with Crippen molar-refractivity contribution in [3.8, 4) is 0 Å². The molecule has 0 aromatic heterocycles. The van der Waals surface area contributed by atoms with Crippen LogP contribution in [0, 0.1) is 0 Å². The van der Waals surface area contributed by atoms with Crippen molar-refractivity contribution in [1.29, 1.82) is 2.86 Å². The van der Waals surface area contributed by atoms with Crippen LogP contribution in [0.25, 0.3) is 0 Å². The molecule has 4 N–H and O–H groups in total. The Morgan fingerprint density at radius 3 is 3.00 bits per heavy atom. The number of rotatable bonds is 4. The monoisotopic (exact) mass is 181 g/mol. The number of hydrogen-bond acceptors (Lipinski definition) is 6. The van der Waals surface area contributed by atoms with Crippen molar-refractivity contribution in [3.63, 3.8) is 0 Å². The molecule has 0 radical (unpaired) electrons. The first-order chi connectivity index (χ1) is 7.71. The molecule has 0 saturated heterocycles. The average molecular weight is 181 g/mol. The molecule has 0 unspecified atom stereocenters. The summed E-state index contributed by atoms with van der Waals surface area (Å²) in [6.45, 7) is -3.20. The van der Waals surface area contributed by atoms with E-state index in [1.54, 1.807) is 0 Å². The van der Waals surface area contributed by atoms with Gasteiger partial charge in [0.25, 0.3) is 0 Å². The highest BCUT2D eigenvalue weighted by Crippen LogP contribution is 2.20. The van der Waals surface area contributed by atoms with Gasteiger partial charge in [0, 0.05) is 0 Å². The van der Waals surface area contributed by atoms with E-state index in [4.69, 9.17) is 12.1 Å². The molecule has 0 aromatic rings. The molecule has 1 aliphatic heterocycles. The van der Waals surface area contributed by atoms with E-state index < -0.39 is 36.2 Å². The highest BCUT2D eigenvalue weighted by Gasteiger charge is 2.38. The summed E-state index contributed by atoms with van der Waals surface area (Å²) in [6, 6.07) is 0. The second-order valence-electron chi connectivity index (χ2n) is 1.99. The number of aliphatic hydroxyl groups excluding tert-OH is 2. The molecule has 0 aromatic carbocycles. The molecule has 0 saturated carbocycles. The Hall–Kier alpha value is -1.27. The predicted molar refractivity (Wildman–Crippen MR) is 35.3 cm³/mol. The van der Waals surface area contributed by atoms with Crippen LogP contribution in [0.1, 0.15) is 4.11 Å². The van der Waals surface area contributed by atoms with Crippen LogP contribution in [0.4, 0.5) is 0 Å². The summed E-state index contributed by atoms with van der Waals surface area (Å²) in [5.74, 6) is -3.79. The number of hydrogen-bond donors (Lipinski definition) is 4. The van der Waals surface area contributed by atoms with E-state index >= 15 is 0 Å². The Morgan fingerprint density at radius 1 is 1.83 bits per heavy atom. The molecule has 2 atom stereocenters. The van der Waals surface area contributed by atoms with Crippen LogP contribution in [-0.2, 0) is 9.53 Å². The van der Waals surface area contributed by atoms with Crippen LogP contribution >= 0.6 is 0 Å². The smallest absolute Gasteiger partial charge is 0.377 e. The molecular formula is C6H8O6. The second kappa shape index (κ2) is 3.00. The molecular weight excluding hydrogens is 168 g/mol. The van der Waals surface area contributed by atoms with E-state index in [-0.39, 0.29) is 0 Å².